The van der Waals surface area contributed by atoms with Gasteiger partial charge < -0.3 is 4.74 Å². The molecule has 2 aliphatic rings. The highest BCUT2D eigenvalue weighted by Crippen LogP contribution is 2.36. The third-order valence-electron chi connectivity index (χ3n) is 7.38. The van der Waals surface area contributed by atoms with Crippen LogP contribution in [0.2, 0.25) is 0 Å². The van der Waals surface area contributed by atoms with Gasteiger partial charge in [0.2, 0.25) is 0 Å². The highest BCUT2D eigenvalue weighted by molar-refractivity contribution is 9.10. The second-order valence-electron chi connectivity index (χ2n) is 9.47. The van der Waals surface area contributed by atoms with Crippen molar-refractivity contribution in [1.29, 1.82) is 0 Å². The predicted molar refractivity (Wildman–Crippen MR) is 137 cm³/mol. The molecule has 1 aromatic carbocycles. The number of pyridine rings is 2. The minimum absolute atomic E-state index is 0.326. The number of aromatic nitrogens is 2. The summed E-state index contributed by atoms with van der Waals surface area (Å²) in [6.07, 6.45) is 9.20. The second-order valence-corrected chi connectivity index (χ2v) is 10.4. The van der Waals surface area contributed by atoms with Gasteiger partial charge in [-0.3, -0.25) is 0 Å². The molecule has 0 radical (unpaired) electrons. The molecule has 6 nitrogen and oxygen atoms in total. The molecule has 2 fully saturated rings. The smallest absolute Gasteiger partial charge is 0.339 e. The molecular formula is C27H32BrN4O2+. The average Bonchev–Trinajstić information content (AvgIpc) is 2.89. The highest BCUT2D eigenvalue weighted by Gasteiger charge is 2.40. The summed E-state index contributed by atoms with van der Waals surface area (Å²) in [5.74, 6) is -0.326. The van der Waals surface area contributed by atoms with E-state index in [1.807, 2.05) is 24.3 Å². The van der Waals surface area contributed by atoms with E-state index in [4.69, 9.17) is 9.72 Å². The van der Waals surface area contributed by atoms with Gasteiger partial charge in [0.05, 0.1) is 31.5 Å². The zero-order chi connectivity index (χ0) is 23.5. The van der Waals surface area contributed by atoms with Crippen LogP contribution in [0.25, 0.3) is 22.3 Å². The van der Waals surface area contributed by atoms with Crippen molar-refractivity contribution in [3.05, 3.63) is 58.2 Å². The van der Waals surface area contributed by atoms with Crippen molar-refractivity contribution in [3.63, 3.8) is 0 Å². The maximum absolute atomic E-state index is 13.4. The third-order valence-corrected chi connectivity index (χ3v) is 7.81. The van der Waals surface area contributed by atoms with Crippen LogP contribution < -0.4 is 0 Å². The summed E-state index contributed by atoms with van der Waals surface area (Å²) in [7, 11) is 1.46. The Labute approximate surface area is 209 Å². The molecule has 0 N–H and O–H groups in total. The Morgan fingerprint density at radius 3 is 2.47 bits per heavy atom. The molecule has 0 atom stereocenters. The van der Waals surface area contributed by atoms with Gasteiger partial charge in [0, 0.05) is 40.3 Å². The molecule has 0 spiro atoms. The number of benzene rings is 1. The zero-order valence-electron chi connectivity index (χ0n) is 19.8. The number of carbonyl (C=O) groups excluding carboxylic acids is 1. The van der Waals surface area contributed by atoms with Crippen molar-refractivity contribution < 1.29 is 14.1 Å². The number of esters is 1. The number of carbonyl (C=O) groups is 1. The van der Waals surface area contributed by atoms with E-state index in [2.05, 4.69) is 38.1 Å². The molecule has 2 saturated heterocycles. The molecular weight excluding hydrogens is 492 g/mol. The SMILES string of the molecule is COC(=O)c1c(C[N+]2(N3CCCCC3)CCCCC2)c(-c2ccccc2)nc2ncc(Br)cc12. The van der Waals surface area contributed by atoms with Crippen molar-refractivity contribution >= 4 is 32.9 Å². The lowest BCUT2D eigenvalue weighted by Crippen LogP contribution is -2.63. The van der Waals surface area contributed by atoms with Gasteiger partial charge in [0.1, 0.15) is 6.54 Å². The fourth-order valence-corrected chi connectivity index (χ4v) is 6.05. The van der Waals surface area contributed by atoms with Crippen molar-refractivity contribution in [3.8, 4) is 11.3 Å². The second kappa shape index (κ2) is 10.1. The minimum Gasteiger partial charge on any atom is -0.465 e. The maximum atomic E-state index is 13.4. The van der Waals surface area contributed by atoms with Crippen LogP contribution in [0.5, 0.6) is 0 Å². The van der Waals surface area contributed by atoms with Crippen molar-refractivity contribution in [2.24, 2.45) is 0 Å². The number of halogens is 1. The molecule has 2 aliphatic heterocycles. The van der Waals surface area contributed by atoms with E-state index >= 15 is 0 Å². The van der Waals surface area contributed by atoms with Gasteiger partial charge in [-0.2, -0.15) is 5.01 Å². The summed E-state index contributed by atoms with van der Waals surface area (Å²) >= 11 is 3.54. The van der Waals surface area contributed by atoms with Crippen LogP contribution in [0.15, 0.2) is 47.1 Å². The number of ether oxygens (including phenoxy) is 1. The van der Waals surface area contributed by atoms with Gasteiger partial charge in [0.15, 0.2) is 5.65 Å². The van der Waals surface area contributed by atoms with Crippen molar-refractivity contribution in [1.82, 2.24) is 15.0 Å². The molecule has 7 heteroatoms. The lowest BCUT2D eigenvalue weighted by molar-refractivity contribution is -1.05. The Morgan fingerprint density at radius 1 is 1.06 bits per heavy atom. The van der Waals surface area contributed by atoms with Crippen LogP contribution in [-0.4, -0.2) is 58.8 Å². The molecule has 5 rings (SSSR count). The standard InChI is InChI=1S/C27H32BrN4O2/c1-34-27(33)24-22-17-21(28)18-29-26(22)30-25(20-11-5-2-6-12-20)23(24)19-32(15-9-4-10-16-32)31-13-7-3-8-14-31/h2,5-6,11-12,17-18H,3-4,7-10,13-16,19H2,1H3/q+1. The fourth-order valence-electron chi connectivity index (χ4n) is 5.72. The quantitative estimate of drug-likeness (QED) is 0.315. The summed E-state index contributed by atoms with van der Waals surface area (Å²) in [5.41, 5.74) is 3.97. The maximum Gasteiger partial charge on any atom is 0.339 e. The molecule has 178 valence electrons. The lowest BCUT2D eigenvalue weighted by Gasteiger charge is -2.49. The lowest BCUT2D eigenvalue weighted by atomic mass is 9.96. The van der Waals surface area contributed by atoms with Gasteiger partial charge >= 0.3 is 5.97 Å². The van der Waals surface area contributed by atoms with Crippen LogP contribution >= 0.6 is 15.9 Å². The van der Waals surface area contributed by atoms with Crippen molar-refractivity contribution in [2.45, 2.75) is 45.1 Å². The molecule has 34 heavy (non-hydrogen) atoms. The molecule has 0 amide bonds. The summed E-state index contributed by atoms with van der Waals surface area (Å²) in [6, 6.07) is 12.1. The number of rotatable bonds is 5. The van der Waals surface area contributed by atoms with Crippen LogP contribution in [0.1, 0.15) is 54.4 Å². The van der Waals surface area contributed by atoms with Gasteiger partial charge in [-0.05, 0) is 54.1 Å². The van der Waals surface area contributed by atoms with Gasteiger partial charge in [0.25, 0.3) is 0 Å². The summed E-state index contributed by atoms with van der Waals surface area (Å²) < 4.78 is 7.08. The number of fused-ring (bicyclic) bond motifs is 1. The van der Waals surface area contributed by atoms with E-state index in [0.29, 0.717) is 11.2 Å². The van der Waals surface area contributed by atoms with E-state index < -0.39 is 0 Å². The van der Waals surface area contributed by atoms with E-state index in [1.165, 1.54) is 45.6 Å². The topological polar surface area (TPSA) is 55.3 Å². The third kappa shape index (κ3) is 4.49. The predicted octanol–water partition coefficient (Wildman–Crippen LogP) is 5.75. The Hall–Kier alpha value is -2.35. The molecule has 0 unspecified atom stereocenters. The highest BCUT2D eigenvalue weighted by atomic mass is 79.9. The Morgan fingerprint density at radius 2 is 1.76 bits per heavy atom. The first-order valence-corrected chi connectivity index (χ1v) is 13.1. The Balaban J connectivity index is 1.75. The number of piperidine rings is 2. The van der Waals surface area contributed by atoms with Crippen LogP contribution in [0.4, 0.5) is 0 Å². The molecule has 4 heterocycles. The van der Waals surface area contributed by atoms with Crippen LogP contribution in [-0.2, 0) is 11.3 Å². The van der Waals surface area contributed by atoms with Crippen LogP contribution in [0, 0.1) is 0 Å². The number of hydrogen-bond donors (Lipinski definition) is 0. The number of quaternary nitrogens is 1. The normalized spacial score (nSPS) is 18.6. The minimum atomic E-state index is -0.326. The first kappa shape index (κ1) is 23.4. The van der Waals surface area contributed by atoms with Crippen molar-refractivity contribution in [2.75, 3.05) is 33.3 Å². The Bertz CT molecular complexity index is 1170. The van der Waals surface area contributed by atoms with Gasteiger partial charge in [-0.15, -0.1) is 0 Å². The fraction of sp³-hybridized carbons (Fsp3) is 0.444. The monoisotopic (exact) mass is 523 g/mol. The number of methoxy groups -OCH3 is 1. The first-order chi connectivity index (χ1) is 16.6. The van der Waals surface area contributed by atoms with E-state index in [1.54, 1.807) is 6.20 Å². The van der Waals surface area contributed by atoms with Crippen LogP contribution in [0.3, 0.4) is 0 Å². The molecule has 0 aliphatic carbocycles. The number of likely N-dealkylation sites (tertiary alicyclic amines) is 1. The Kier molecular flexibility index (Phi) is 6.95. The molecule has 0 bridgehead atoms. The molecule has 2 aromatic heterocycles. The number of hydrogen-bond acceptors (Lipinski definition) is 5. The molecule has 3 aromatic rings. The average molecular weight is 524 g/mol. The largest absolute Gasteiger partial charge is 0.465 e. The zero-order valence-corrected chi connectivity index (χ0v) is 21.4. The van der Waals surface area contributed by atoms with Gasteiger partial charge in [-0.25, -0.2) is 19.4 Å². The van der Waals surface area contributed by atoms with E-state index in [0.717, 1.165) is 64.0 Å². The summed E-state index contributed by atoms with van der Waals surface area (Å²) in [4.78, 5) is 22.9. The van der Waals surface area contributed by atoms with Gasteiger partial charge in [-0.1, -0.05) is 36.8 Å². The first-order valence-electron chi connectivity index (χ1n) is 12.3. The summed E-state index contributed by atoms with van der Waals surface area (Å²) in [6.45, 7) is 5.17. The van der Waals surface area contributed by atoms with E-state index in [-0.39, 0.29) is 5.97 Å². The number of nitrogens with zero attached hydrogens (tertiary/aromatic N) is 4. The molecule has 0 saturated carbocycles. The summed E-state index contributed by atoms with van der Waals surface area (Å²) in [5, 5.41) is 3.41. The van der Waals surface area contributed by atoms with E-state index in [9.17, 15) is 4.79 Å².